The van der Waals surface area contributed by atoms with Gasteiger partial charge in [0.2, 0.25) is 10.0 Å². The molecule has 2 N–H and O–H groups in total. The minimum absolute atomic E-state index is 0.0506. The van der Waals surface area contributed by atoms with Gasteiger partial charge in [-0.25, -0.2) is 13.2 Å². The van der Waals surface area contributed by atoms with Crippen LogP contribution in [-0.4, -0.2) is 30.7 Å². The number of aromatic carboxylic acids is 1. The predicted molar refractivity (Wildman–Crippen MR) is 63.3 cm³/mol. The lowest BCUT2D eigenvalue weighted by Crippen LogP contribution is -2.15. The van der Waals surface area contributed by atoms with Gasteiger partial charge in [0.25, 0.3) is 5.69 Å². The molecule has 9 heteroatoms. The maximum absolute atomic E-state index is 11.1. The van der Waals surface area contributed by atoms with Crippen molar-refractivity contribution in [2.45, 2.75) is 6.92 Å². The third kappa shape index (κ3) is 2.94. The number of carboxylic acids is 1. The molecular weight excluding hydrogens is 264 g/mol. The minimum atomic E-state index is -3.73. The first kappa shape index (κ1) is 13.9. The quantitative estimate of drug-likeness (QED) is 0.622. The van der Waals surface area contributed by atoms with Crippen LogP contribution in [0.25, 0.3) is 0 Å². The van der Waals surface area contributed by atoms with Crippen molar-refractivity contribution >= 4 is 27.4 Å². The van der Waals surface area contributed by atoms with Gasteiger partial charge in [-0.05, 0) is 13.0 Å². The van der Waals surface area contributed by atoms with Crippen LogP contribution in [0.4, 0.5) is 11.4 Å². The molecule has 0 heterocycles. The number of carboxylic acid groups (broad SMARTS) is 1. The van der Waals surface area contributed by atoms with E-state index < -0.39 is 20.9 Å². The van der Waals surface area contributed by atoms with Gasteiger partial charge >= 0.3 is 5.97 Å². The Labute approximate surface area is 102 Å². The monoisotopic (exact) mass is 274 g/mol. The highest BCUT2D eigenvalue weighted by atomic mass is 32.2. The number of nitro benzene ring substituents is 1. The van der Waals surface area contributed by atoms with E-state index in [2.05, 4.69) is 0 Å². The summed E-state index contributed by atoms with van der Waals surface area (Å²) in [7, 11) is -3.73. The van der Waals surface area contributed by atoms with E-state index >= 15 is 0 Å². The molecule has 0 unspecified atom stereocenters. The van der Waals surface area contributed by atoms with Crippen molar-refractivity contribution in [3.63, 3.8) is 0 Å². The van der Waals surface area contributed by atoms with Gasteiger partial charge in [0, 0.05) is 6.07 Å². The summed E-state index contributed by atoms with van der Waals surface area (Å²) in [6.07, 6.45) is 0.830. The fraction of sp³-hybridized carbons (Fsp3) is 0.222. The normalized spacial score (nSPS) is 11.0. The molecule has 0 aliphatic rings. The van der Waals surface area contributed by atoms with E-state index in [1.54, 1.807) is 0 Å². The Morgan fingerprint density at radius 2 is 2.00 bits per heavy atom. The molecule has 1 aromatic rings. The van der Waals surface area contributed by atoms with Crippen molar-refractivity contribution in [3.8, 4) is 0 Å². The summed E-state index contributed by atoms with van der Waals surface area (Å²) in [6, 6.07) is 2.01. The van der Waals surface area contributed by atoms with Crippen molar-refractivity contribution in [2.24, 2.45) is 0 Å². The number of nitrogens with one attached hydrogen (secondary N) is 1. The second kappa shape index (κ2) is 4.61. The van der Waals surface area contributed by atoms with Gasteiger partial charge in [0.1, 0.15) is 0 Å². The average Bonchev–Trinajstić information content (AvgIpc) is 2.17. The molecule has 98 valence electrons. The Morgan fingerprint density at radius 3 is 2.39 bits per heavy atom. The molecule has 0 amide bonds. The maximum atomic E-state index is 11.1. The van der Waals surface area contributed by atoms with Crippen molar-refractivity contribution in [1.82, 2.24) is 0 Å². The molecule has 18 heavy (non-hydrogen) atoms. The van der Waals surface area contributed by atoms with Crippen molar-refractivity contribution in [3.05, 3.63) is 33.4 Å². The Bertz CT molecular complexity index is 622. The Hall–Kier alpha value is -2.16. The van der Waals surface area contributed by atoms with Crippen LogP contribution in [0.5, 0.6) is 0 Å². The second-order valence-corrected chi connectivity index (χ2v) is 5.32. The Kier molecular flexibility index (Phi) is 3.56. The van der Waals surface area contributed by atoms with Crippen molar-refractivity contribution in [1.29, 1.82) is 0 Å². The van der Waals surface area contributed by atoms with E-state index in [0.29, 0.717) is 0 Å². The summed E-state index contributed by atoms with van der Waals surface area (Å²) >= 11 is 0. The minimum Gasteiger partial charge on any atom is -0.478 e. The van der Waals surface area contributed by atoms with Gasteiger partial charge in [-0.15, -0.1) is 0 Å². The highest BCUT2D eigenvalue weighted by Crippen LogP contribution is 2.29. The van der Waals surface area contributed by atoms with Crippen LogP contribution >= 0.6 is 0 Å². The average molecular weight is 274 g/mol. The highest BCUT2D eigenvalue weighted by Gasteiger charge is 2.22. The summed E-state index contributed by atoms with van der Waals surface area (Å²) in [4.78, 5) is 20.9. The van der Waals surface area contributed by atoms with Gasteiger partial charge in [0.05, 0.1) is 28.0 Å². The molecule has 0 saturated heterocycles. The van der Waals surface area contributed by atoms with Crippen LogP contribution in [-0.2, 0) is 10.0 Å². The van der Waals surface area contributed by atoms with Crippen LogP contribution in [0.3, 0.4) is 0 Å². The first-order valence-corrected chi connectivity index (χ1v) is 6.51. The number of carbonyl (C=O) groups is 1. The molecule has 0 bridgehead atoms. The van der Waals surface area contributed by atoms with Crippen molar-refractivity contribution < 1.29 is 23.2 Å². The number of sulfonamides is 1. The zero-order valence-corrected chi connectivity index (χ0v) is 10.3. The SMILES string of the molecule is Cc1c([N+](=O)[O-])ccc(C(=O)O)c1NS(C)(=O)=O. The van der Waals surface area contributed by atoms with Gasteiger partial charge < -0.3 is 5.11 Å². The number of nitro groups is 1. The van der Waals surface area contributed by atoms with Gasteiger partial charge in [-0.1, -0.05) is 0 Å². The molecule has 0 aliphatic carbocycles. The number of hydrogen-bond acceptors (Lipinski definition) is 5. The van der Waals surface area contributed by atoms with E-state index in [0.717, 1.165) is 18.4 Å². The van der Waals surface area contributed by atoms with Crippen LogP contribution in [0, 0.1) is 17.0 Å². The summed E-state index contributed by atoms with van der Waals surface area (Å²) < 4.78 is 24.3. The Morgan fingerprint density at radius 1 is 1.44 bits per heavy atom. The largest absolute Gasteiger partial charge is 0.478 e. The molecule has 0 spiro atoms. The second-order valence-electron chi connectivity index (χ2n) is 3.57. The first-order valence-electron chi connectivity index (χ1n) is 4.62. The number of benzene rings is 1. The first-order chi connectivity index (χ1) is 8.13. The molecule has 1 rings (SSSR count). The van der Waals surface area contributed by atoms with E-state index in [9.17, 15) is 23.3 Å². The molecule has 0 atom stereocenters. The van der Waals surface area contributed by atoms with Gasteiger partial charge in [0.15, 0.2) is 0 Å². The molecule has 0 aromatic heterocycles. The zero-order chi connectivity index (χ0) is 14.1. The topological polar surface area (TPSA) is 127 Å². The number of rotatable bonds is 4. The van der Waals surface area contributed by atoms with E-state index in [1.807, 2.05) is 4.72 Å². The van der Waals surface area contributed by atoms with Crippen molar-refractivity contribution in [2.75, 3.05) is 11.0 Å². The summed E-state index contributed by atoms with van der Waals surface area (Å²) in [6.45, 7) is 1.28. The fourth-order valence-corrected chi connectivity index (χ4v) is 2.03. The fourth-order valence-electron chi connectivity index (χ4n) is 1.39. The van der Waals surface area contributed by atoms with Gasteiger partial charge in [-0.2, -0.15) is 0 Å². The maximum Gasteiger partial charge on any atom is 0.337 e. The van der Waals surface area contributed by atoms with E-state index in [1.165, 1.54) is 6.92 Å². The third-order valence-corrected chi connectivity index (χ3v) is 2.73. The lowest BCUT2D eigenvalue weighted by atomic mass is 10.1. The molecular formula is C9H10N2O6S. The van der Waals surface area contributed by atoms with E-state index in [4.69, 9.17) is 5.11 Å². The third-order valence-electron chi connectivity index (χ3n) is 2.15. The van der Waals surface area contributed by atoms with Crippen LogP contribution in [0.15, 0.2) is 12.1 Å². The predicted octanol–water partition coefficient (Wildman–Crippen LogP) is 0.973. The van der Waals surface area contributed by atoms with Gasteiger partial charge in [-0.3, -0.25) is 14.8 Å². The molecule has 0 radical (unpaired) electrons. The molecule has 0 saturated carbocycles. The summed E-state index contributed by atoms with van der Waals surface area (Å²) in [5, 5.41) is 19.6. The smallest absolute Gasteiger partial charge is 0.337 e. The standard InChI is InChI=1S/C9H10N2O6S/c1-5-7(11(14)15)4-3-6(9(12)13)8(5)10-18(2,16)17/h3-4,10H,1-2H3,(H,12,13). The van der Waals surface area contributed by atoms with Crippen LogP contribution in [0.1, 0.15) is 15.9 Å². The highest BCUT2D eigenvalue weighted by molar-refractivity contribution is 7.92. The number of nitrogens with zero attached hydrogens (tertiary/aromatic N) is 1. The summed E-state index contributed by atoms with van der Waals surface area (Å²) in [5.74, 6) is -1.38. The lowest BCUT2D eigenvalue weighted by Gasteiger charge is -2.11. The van der Waals surface area contributed by atoms with Crippen LogP contribution < -0.4 is 4.72 Å². The molecule has 0 aliphatic heterocycles. The Balaban J connectivity index is 3.55. The lowest BCUT2D eigenvalue weighted by molar-refractivity contribution is -0.385. The number of hydrogen-bond donors (Lipinski definition) is 2. The van der Waals surface area contributed by atoms with E-state index in [-0.39, 0.29) is 22.5 Å². The number of anilines is 1. The summed E-state index contributed by atoms with van der Waals surface area (Å²) in [5.41, 5.74) is -1.04. The molecule has 1 aromatic carbocycles. The zero-order valence-electron chi connectivity index (χ0n) is 9.50. The molecule has 0 fully saturated rings. The van der Waals surface area contributed by atoms with Crippen LogP contribution in [0.2, 0.25) is 0 Å². The molecule has 8 nitrogen and oxygen atoms in total.